The monoisotopic (exact) mass is 546 g/mol. The number of nitrogens with one attached hydrogen (secondary N) is 2. The van der Waals surface area contributed by atoms with E-state index in [1.165, 1.54) is 13.8 Å². The molecule has 208 valence electrons. The molecule has 0 bridgehead atoms. The fourth-order valence-electron chi connectivity index (χ4n) is 5.14. The van der Waals surface area contributed by atoms with E-state index in [-0.39, 0.29) is 24.4 Å². The SMILES string of the molecule is CCC1(Cc2oc(=O)oc2C)NC(C(C)(C)O)=C(C(=O)O)N1Cc1ccc(-c2ccccc2-c2nnn[nH]2)cc1. The number of aliphatic carboxylic acids is 1. The number of aryl methyl sites for hydroxylation is 1. The molecule has 2 aromatic carbocycles. The predicted molar refractivity (Wildman–Crippen MR) is 143 cm³/mol. The fraction of sp³-hybridized carbons (Fsp3) is 0.321. The minimum atomic E-state index is -1.47. The first kappa shape index (κ1) is 26.9. The largest absolute Gasteiger partial charge is 0.519 e. The van der Waals surface area contributed by atoms with Crippen molar-refractivity contribution in [1.29, 1.82) is 0 Å². The van der Waals surface area contributed by atoms with Crippen LogP contribution in [-0.2, 0) is 17.8 Å². The van der Waals surface area contributed by atoms with E-state index < -0.39 is 23.1 Å². The quantitative estimate of drug-likeness (QED) is 0.243. The second kappa shape index (κ2) is 10.1. The van der Waals surface area contributed by atoms with Crippen molar-refractivity contribution in [2.45, 2.75) is 58.3 Å². The third-order valence-corrected chi connectivity index (χ3v) is 7.20. The van der Waals surface area contributed by atoms with Crippen LogP contribution >= 0.6 is 0 Å². The van der Waals surface area contributed by atoms with Gasteiger partial charge in [0.05, 0.1) is 12.1 Å². The van der Waals surface area contributed by atoms with Crippen LogP contribution in [0.2, 0.25) is 0 Å². The molecule has 0 aliphatic carbocycles. The van der Waals surface area contributed by atoms with Gasteiger partial charge in [0.25, 0.3) is 0 Å². The molecule has 2 aromatic heterocycles. The number of tetrazole rings is 1. The number of hydrogen-bond acceptors (Lipinski definition) is 10. The van der Waals surface area contributed by atoms with Crippen LogP contribution in [0.4, 0.5) is 0 Å². The molecule has 3 heterocycles. The van der Waals surface area contributed by atoms with Gasteiger partial charge in [-0.2, -0.15) is 0 Å². The van der Waals surface area contributed by atoms with E-state index in [1.54, 1.807) is 11.8 Å². The Balaban J connectivity index is 1.54. The highest BCUT2D eigenvalue weighted by Gasteiger charge is 2.50. The first-order chi connectivity index (χ1) is 19.0. The van der Waals surface area contributed by atoms with Gasteiger partial charge in [0, 0.05) is 12.1 Å². The average molecular weight is 547 g/mol. The number of carbonyl (C=O) groups is 1. The lowest BCUT2D eigenvalue weighted by atomic mass is 9.96. The minimum absolute atomic E-state index is 0.0508. The maximum absolute atomic E-state index is 12.6. The molecule has 0 amide bonds. The molecule has 12 heteroatoms. The topological polar surface area (TPSA) is 171 Å². The second-order valence-corrected chi connectivity index (χ2v) is 10.3. The third kappa shape index (κ3) is 4.89. The first-order valence-electron chi connectivity index (χ1n) is 12.8. The van der Waals surface area contributed by atoms with Crippen LogP contribution in [-0.4, -0.2) is 53.0 Å². The van der Waals surface area contributed by atoms with E-state index in [4.69, 9.17) is 8.83 Å². The number of benzene rings is 2. The summed E-state index contributed by atoms with van der Waals surface area (Å²) >= 11 is 0. The molecule has 1 aliphatic rings. The lowest BCUT2D eigenvalue weighted by Crippen LogP contribution is -2.55. The van der Waals surface area contributed by atoms with Crippen LogP contribution in [0, 0.1) is 6.92 Å². The highest BCUT2D eigenvalue weighted by atomic mass is 16.6. The number of aliphatic hydroxyl groups is 1. The van der Waals surface area contributed by atoms with Gasteiger partial charge in [0.15, 0.2) is 11.6 Å². The number of H-pyrrole nitrogens is 1. The standard InChI is InChI=1S/C28H30N6O6/c1-5-28(14-21-16(2)39-26(37)40-21)29-23(27(3,4)38)22(25(35)36)34(28)15-17-10-12-18(13-11-17)19-8-6-7-9-20(19)24-30-32-33-31-24/h6-13,29,38H,5,14-15H2,1-4H3,(H,35,36)(H,30,31,32,33). The number of aromatic amines is 1. The molecule has 0 fully saturated rings. The van der Waals surface area contributed by atoms with E-state index >= 15 is 0 Å². The zero-order valence-corrected chi connectivity index (χ0v) is 22.6. The van der Waals surface area contributed by atoms with Gasteiger partial charge in [-0.1, -0.05) is 55.5 Å². The highest BCUT2D eigenvalue weighted by molar-refractivity contribution is 5.88. The Morgan fingerprint density at radius 2 is 1.80 bits per heavy atom. The van der Waals surface area contributed by atoms with E-state index in [0.29, 0.717) is 23.8 Å². The Labute approximate surface area is 229 Å². The maximum atomic E-state index is 12.6. The van der Waals surface area contributed by atoms with Crippen molar-refractivity contribution in [3.8, 4) is 22.5 Å². The van der Waals surface area contributed by atoms with Gasteiger partial charge in [0.1, 0.15) is 22.7 Å². The van der Waals surface area contributed by atoms with Gasteiger partial charge >= 0.3 is 11.8 Å². The minimum Gasteiger partial charge on any atom is -0.477 e. The van der Waals surface area contributed by atoms with Gasteiger partial charge < -0.3 is 29.3 Å². The van der Waals surface area contributed by atoms with Crippen molar-refractivity contribution >= 4 is 5.97 Å². The van der Waals surface area contributed by atoms with Crippen molar-refractivity contribution in [2.75, 3.05) is 0 Å². The van der Waals surface area contributed by atoms with Crippen molar-refractivity contribution in [3.63, 3.8) is 0 Å². The molecule has 0 radical (unpaired) electrons. The zero-order chi connectivity index (χ0) is 28.7. The molecule has 4 N–H and O–H groups in total. The lowest BCUT2D eigenvalue weighted by Gasteiger charge is -2.40. The van der Waals surface area contributed by atoms with Gasteiger partial charge in [-0.25, -0.2) is 14.7 Å². The number of hydrogen-bond donors (Lipinski definition) is 4. The average Bonchev–Trinajstić information content (AvgIpc) is 3.63. The maximum Gasteiger partial charge on any atom is 0.519 e. The smallest absolute Gasteiger partial charge is 0.477 e. The molecule has 5 rings (SSSR count). The van der Waals surface area contributed by atoms with E-state index in [2.05, 4.69) is 25.9 Å². The van der Waals surface area contributed by atoms with Crippen molar-refractivity contribution < 1.29 is 23.8 Å². The Bertz CT molecular complexity index is 1610. The molecule has 1 aliphatic heterocycles. The van der Waals surface area contributed by atoms with Gasteiger partial charge in [-0.15, -0.1) is 5.10 Å². The Morgan fingerprint density at radius 1 is 1.10 bits per heavy atom. The molecule has 40 heavy (non-hydrogen) atoms. The summed E-state index contributed by atoms with van der Waals surface area (Å²) < 4.78 is 10.4. The van der Waals surface area contributed by atoms with Gasteiger partial charge in [0.2, 0.25) is 0 Å². The molecular weight excluding hydrogens is 516 g/mol. The van der Waals surface area contributed by atoms with Crippen LogP contribution in [0.15, 0.2) is 73.6 Å². The number of carboxylic acids is 1. The molecule has 0 spiro atoms. The van der Waals surface area contributed by atoms with Crippen LogP contribution in [0.25, 0.3) is 22.5 Å². The van der Waals surface area contributed by atoms with E-state index in [9.17, 15) is 19.8 Å². The van der Waals surface area contributed by atoms with Crippen molar-refractivity contribution in [1.82, 2.24) is 30.8 Å². The van der Waals surface area contributed by atoms with Crippen LogP contribution < -0.4 is 11.1 Å². The number of nitrogens with zero attached hydrogens (tertiary/aromatic N) is 4. The molecule has 12 nitrogen and oxygen atoms in total. The van der Waals surface area contributed by atoms with Crippen LogP contribution in [0.1, 0.15) is 44.3 Å². The lowest BCUT2D eigenvalue weighted by molar-refractivity contribution is -0.135. The summed E-state index contributed by atoms with van der Waals surface area (Å²) in [6, 6.07) is 15.5. The van der Waals surface area contributed by atoms with Crippen molar-refractivity contribution in [2.24, 2.45) is 0 Å². The first-order valence-corrected chi connectivity index (χ1v) is 12.8. The normalized spacial score (nSPS) is 17.4. The molecule has 0 saturated heterocycles. The summed E-state index contributed by atoms with van der Waals surface area (Å²) in [5, 5.41) is 38.7. The van der Waals surface area contributed by atoms with Crippen LogP contribution in [0.3, 0.4) is 0 Å². The summed E-state index contributed by atoms with van der Waals surface area (Å²) in [7, 11) is 0. The summed E-state index contributed by atoms with van der Waals surface area (Å²) in [6.07, 6.45) is 0.558. The molecular formula is C28H30N6O6. The van der Waals surface area contributed by atoms with Crippen molar-refractivity contribution in [3.05, 3.63) is 87.6 Å². The number of rotatable bonds is 9. The highest BCUT2D eigenvalue weighted by Crippen LogP contribution is 2.40. The Kier molecular flexibility index (Phi) is 6.80. The third-order valence-electron chi connectivity index (χ3n) is 7.20. The molecule has 0 saturated carbocycles. The number of carboxylic acid groups (broad SMARTS) is 1. The van der Waals surface area contributed by atoms with Crippen LogP contribution in [0.5, 0.6) is 0 Å². The Hall–Kier alpha value is -4.71. The van der Waals surface area contributed by atoms with E-state index in [0.717, 1.165) is 22.3 Å². The summed E-state index contributed by atoms with van der Waals surface area (Å²) in [5.41, 5.74) is 1.18. The zero-order valence-electron chi connectivity index (χ0n) is 22.6. The molecule has 4 aromatic rings. The van der Waals surface area contributed by atoms with Gasteiger partial charge in [-0.3, -0.25) is 0 Å². The summed E-state index contributed by atoms with van der Waals surface area (Å²) in [5.74, 6) is -0.837. The Morgan fingerprint density at radius 3 is 2.35 bits per heavy atom. The molecule has 1 atom stereocenters. The second-order valence-electron chi connectivity index (χ2n) is 10.3. The fourth-order valence-corrected chi connectivity index (χ4v) is 5.14. The predicted octanol–water partition coefficient (Wildman–Crippen LogP) is 3.21. The molecule has 1 unspecified atom stereocenters. The number of aromatic nitrogens is 4. The summed E-state index contributed by atoms with van der Waals surface area (Å²) in [4.78, 5) is 26.1. The van der Waals surface area contributed by atoms with E-state index in [1.807, 2.05) is 55.5 Å². The summed E-state index contributed by atoms with van der Waals surface area (Å²) in [6.45, 7) is 6.79. The van der Waals surface area contributed by atoms with Gasteiger partial charge in [-0.05, 0) is 54.3 Å².